The zero-order chi connectivity index (χ0) is 23.8. The van der Waals surface area contributed by atoms with Gasteiger partial charge in [0, 0.05) is 24.8 Å². The van der Waals surface area contributed by atoms with Crippen LogP contribution in [0.5, 0.6) is 0 Å². The van der Waals surface area contributed by atoms with E-state index in [4.69, 9.17) is 5.73 Å². The Hall–Kier alpha value is -3.83. The number of amides is 2. The minimum absolute atomic E-state index is 0.0658. The Kier molecular flexibility index (Phi) is 5.72. The number of carbonyl (C=O) groups excluding carboxylic acids is 2. The molecule has 174 valence electrons. The molecule has 2 amide bonds. The van der Waals surface area contributed by atoms with Crippen molar-refractivity contribution >= 4 is 34.7 Å². The van der Waals surface area contributed by atoms with E-state index in [0.717, 1.165) is 24.2 Å². The fourth-order valence-corrected chi connectivity index (χ4v) is 4.51. The smallest absolute Gasteiger partial charge is 0.261 e. The highest BCUT2D eigenvalue weighted by atomic mass is 32.1. The number of nitrogens with one attached hydrogen (secondary N) is 3. The van der Waals surface area contributed by atoms with Crippen molar-refractivity contribution < 1.29 is 14.0 Å². The fraction of sp³-hybridized carbons (Fsp3) is 0.217. The van der Waals surface area contributed by atoms with Gasteiger partial charge in [-0.2, -0.15) is 4.98 Å². The number of nitrogen functional groups attached to an aromatic ring is 1. The van der Waals surface area contributed by atoms with E-state index in [1.165, 1.54) is 28.0 Å². The molecule has 5 N–H and O–H groups in total. The summed E-state index contributed by atoms with van der Waals surface area (Å²) in [6.07, 6.45) is 1.73. The van der Waals surface area contributed by atoms with Gasteiger partial charge in [-0.3, -0.25) is 9.59 Å². The summed E-state index contributed by atoms with van der Waals surface area (Å²) in [5.74, 6) is -0.757. The Balaban J connectivity index is 1.40. The molecule has 4 heterocycles. The number of nitrogens with zero attached hydrogens (tertiary/aromatic N) is 3. The number of pyridine rings is 1. The average molecular weight is 480 g/mol. The SMILES string of the molecule is C[C@H](NC(=O)c1cc(-c2cc(C(=O)NC3CNC3)c3nc(N)nn3c2)cs1)c1ccc(F)cc1. The number of anilines is 1. The van der Waals surface area contributed by atoms with Crippen LogP contribution in [-0.4, -0.2) is 45.5 Å². The maximum absolute atomic E-state index is 13.2. The lowest BCUT2D eigenvalue weighted by Crippen LogP contribution is -2.57. The lowest BCUT2D eigenvalue weighted by molar-refractivity contribution is 0.0921. The van der Waals surface area contributed by atoms with E-state index >= 15 is 0 Å². The minimum Gasteiger partial charge on any atom is -0.366 e. The molecular weight excluding hydrogens is 457 g/mol. The van der Waals surface area contributed by atoms with E-state index in [9.17, 15) is 14.0 Å². The Bertz CT molecular complexity index is 1380. The van der Waals surface area contributed by atoms with Crippen molar-refractivity contribution in [2.24, 2.45) is 0 Å². The molecule has 11 heteroatoms. The van der Waals surface area contributed by atoms with Crippen LogP contribution in [-0.2, 0) is 0 Å². The molecule has 0 unspecified atom stereocenters. The van der Waals surface area contributed by atoms with E-state index in [1.807, 2.05) is 12.3 Å². The van der Waals surface area contributed by atoms with Crippen LogP contribution in [0, 0.1) is 5.82 Å². The molecule has 1 saturated heterocycles. The van der Waals surface area contributed by atoms with Crippen LogP contribution >= 0.6 is 11.3 Å². The van der Waals surface area contributed by atoms with Crippen molar-refractivity contribution in [3.63, 3.8) is 0 Å². The summed E-state index contributed by atoms with van der Waals surface area (Å²) in [5.41, 5.74) is 8.77. The van der Waals surface area contributed by atoms with Gasteiger partial charge in [0.05, 0.1) is 22.5 Å². The van der Waals surface area contributed by atoms with Gasteiger partial charge in [-0.25, -0.2) is 8.91 Å². The number of rotatable bonds is 6. The number of aromatic nitrogens is 3. The van der Waals surface area contributed by atoms with E-state index in [0.29, 0.717) is 21.7 Å². The van der Waals surface area contributed by atoms with E-state index in [-0.39, 0.29) is 35.7 Å². The first-order valence-corrected chi connectivity index (χ1v) is 11.6. The molecule has 1 atom stereocenters. The van der Waals surface area contributed by atoms with Gasteiger partial charge in [0.15, 0.2) is 5.65 Å². The van der Waals surface area contributed by atoms with Crippen LogP contribution in [0.15, 0.2) is 48.0 Å². The maximum atomic E-state index is 13.2. The summed E-state index contributed by atoms with van der Waals surface area (Å²) in [6, 6.07) is 9.29. The third kappa shape index (κ3) is 4.35. The first-order valence-electron chi connectivity index (χ1n) is 10.7. The monoisotopic (exact) mass is 479 g/mol. The van der Waals surface area contributed by atoms with Crippen molar-refractivity contribution in [3.05, 3.63) is 69.8 Å². The van der Waals surface area contributed by atoms with Crippen molar-refractivity contribution in [2.75, 3.05) is 18.8 Å². The average Bonchev–Trinajstić information content (AvgIpc) is 3.42. The van der Waals surface area contributed by atoms with Gasteiger partial charge in [-0.15, -0.1) is 16.4 Å². The molecule has 1 aliphatic heterocycles. The fourth-order valence-electron chi connectivity index (χ4n) is 3.69. The number of nitrogens with two attached hydrogens (primary N) is 1. The van der Waals surface area contributed by atoms with Gasteiger partial charge < -0.3 is 21.7 Å². The molecule has 1 fully saturated rings. The van der Waals surface area contributed by atoms with E-state index in [2.05, 4.69) is 26.0 Å². The molecule has 0 bridgehead atoms. The molecule has 1 aliphatic rings. The van der Waals surface area contributed by atoms with E-state index in [1.54, 1.807) is 30.5 Å². The second-order valence-corrected chi connectivity index (χ2v) is 9.07. The molecular formula is C23H22FN7O2S. The van der Waals surface area contributed by atoms with Gasteiger partial charge >= 0.3 is 0 Å². The second-order valence-electron chi connectivity index (χ2n) is 8.16. The number of thiophene rings is 1. The molecule has 9 nitrogen and oxygen atoms in total. The Labute approximate surface area is 198 Å². The predicted octanol–water partition coefficient (Wildman–Crippen LogP) is 2.37. The summed E-state index contributed by atoms with van der Waals surface area (Å²) >= 11 is 1.29. The predicted molar refractivity (Wildman–Crippen MR) is 127 cm³/mol. The van der Waals surface area contributed by atoms with Crippen molar-refractivity contribution in [1.29, 1.82) is 0 Å². The standard InChI is InChI=1S/C23H22FN7O2S/c1-12(13-2-4-16(24)5-3-13)27-22(33)19-7-15(11-34-19)14-6-18(21(32)28-17-8-26-9-17)20-29-23(25)30-31(20)10-14/h2-7,10-12,17,26H,8-9H2,1H3,(H2,25,30)(H,27,33)(H,28,32)/t12-/m0/s1. The summed E-state index contributed by atoms with van der Waals surface area (Å²) < 4.78 is 14.7. The quantitative estimate of drug-likeness (QED) is 0.336. The highest BCUT2D eigenvalue weighted by Crippen LogP contribution is 2.28. The Morgan fingerprint density at radius 2 is 1.97 bits per heavy atom. The summed E-state index contributed by atoms with van der Waals surface area (Å²) in [7, 11) is 0. The molecule has 0 spiro atoms. The summed E-state index contributed by atoms with van der Waals surface area (Å²) in [6.45, 7) is 3.27. The highest BCUT2D eigenvalue weighted by molar-refractivity contribution is 7.12. The molecule has 5 rings (SSSR count). The van der Waals surface area contributed by atoms with Crippen LogP contribution in [0.3, 0.4) is 0 Å². The number of hydrogen-bond donors (Lipinski definition) is 4. The molecule has 4 aromatic rings. The normalized spacial score (nSPS) is 14.5. The lowest BCUT2D eigenvalue weighted by Gasteiger charge is -2.27. The zero-order valence-corrected chi connectivity index (χ0v) is 19.0. The van der Waals surface area contributed by atoms with Crippen LogP contribution < -0.4 is 21.7 Å². The summed E-state index contributed by atoms with van der Waals surface area (Å²) in [5, 5.41) is 15.0. The minimum atomic E-state index is -0.325. The number of halogens is 1. The van der Waals surface area contributed by atoms with Crippen LogP contribution in [0.2, 0.25) is 0 Å². The topological polar surface area (TPSA) is 126 Å². The third-order valence-electron chi connectivity index (χ3n) is 5.69. The van der Waals surface area contributed by atoms with Gasteiger partial charge in [0.25, 0.3) is 11.8 Å². The Morgan fingerprint density at radius 3 is 2.68 bits per heavy atom. The van der Waals surface area contributed by atoms with Gasteiger partial charge in [0.2, 0.25) is 5.95 Å². The number of carbonyl (C=O) groups is 2. The molecule has 0 aliphatic carbocycles. The van der Waals surface area contributed by atoms with Crippen LogP contribution in [0.4, 0.5) is 10.3 Å². The third-order valence-corrected chi connectivity index (χ3v) is 6.61. The number of fused-ring (bicyclic) bond motifs is 1. The van der Waals surface area contributed by atoms with Crippen LogP contribution in [0.25, 0.3) is 16.8 Å². The first-order chi connectivity index (χ1) is 16.4. The first kappa shape index (κ1) is 22.0. The zero-order valence-electron chi connectivity index (χ0n) is 18.2. The number of hydrogen-bond acceptors (Lipinski definition) is 7. The molecule has 3 aromatic heterocycles. The van der Waals surface area contributed by atoms with Crippen molar-refractivity contribution in [3.8, 4) is 11.1 Å². The Morgan fingerprint density at radius 1 is 1.21 bits per heavy atom. The van der Waals surface area contributed by atoms with Gasteiger partial charge in [-0.1, -0.05) is 12.1 Å². The molecule has 1 aromatic carbocycles. The molecule has 0 saturated carbocycles. The van der Waals surface area contributed by atoms with Gasteiger partial charge in [0.1, 0.15) is 5.82 Å². The van der Waals surface area contributed by atoms with Crippen LogP contribution in [0.1, 0.15) is 38.6 Å². The lowest BCUT2D eigenvalue weighted by atomic mass is 10.1. The maximum Gasteiger partial charge on any atom is 0.261 e. The second kappa shape index (κ2) is 8.84. The molecule has 34 heavy (non-hydrogen) atoms. The largest absolute Gasteiger partial charge is 0.366 e. The van der Waals surface area contributed by atoms with Gasteiger partial charge in [-0.05, 0) is 47.7 Å². The number of benzene rings is 1. The summed E-state index contributed by atoms with van der Waals surface area (Å²) in [4.78, 5) is 30.4. The molecule has 0 radical (unpaired) electrons. The van der Waals surface area contributed by atoms with Crippen molar-refractivity contribution in [2.45, 2.75) is 19.0 Å². The van der Waals surface area contributed by atoms with Crippen molar-refractivity contribution in [1.82, 2.24) is 30.5 Å². The highest BCUT2D eigenvalue weighted by Gasteiger charge is 2.23. The van der Waals surface area contributed by atoms with E-state index < -0.39 is 0 Å².